The van der Waals surface area contributed by atoms with E-state index in [1.165, 1.54) is 10.9 Å². The summed E-state index contributed by atoms with van der Waals surface area (Å²) >= 11 is 0. The molecule has 0 bridgehead atoms. The van der Waals surface area contributed by atoms with E-state index in [9.17, 15) is 0 Å². The van der Waals surface area contributed by atoms with Crippen molar-refractivity contribution in [3.63, 3.8) is 0 Å². The van der Waals surface area contributed by atoms with Gasteiger partial charge in [-0.3, -0.25) is 4.98 Å². The number of rotatable bonds is 2. The predicted octanol–water partition coefficient (Wildman–Crippen LogP) is 2.66. The normalized spacial score (nSPS) is 18.9. The zero-order valence-electron chi connectivity index (χ0n) is 10.4. The zero-order valence-corrected chi connectivity index (χ0v) is 10.4. The van der Waals surface area contributed by atoms with Crippen LogP contribution in [0.5, 0.6) is 0 Å². The van der Waals surface area contributed by atoms with Crippen LogP contribution >= 0.6 is 0 Å². The topological polar surface area (TPSA) is 48.1 Å². The Balaban J connectivity index is 1.97. The fourth-order valence-electron chi connectivity index (χ4n) is 2.75. The minimum atomic E-state index is 0.0850. The molecule has 0 radical (unpaired) electrons. The SMILES string of the molecule is NC(c1cccc2ncccc12)C1CCOCC1. The number of nitrogens with zero attached hydrogens (tertiary/aromatic N) is 1. The van der Waals surface area contributed by atoms with Gasteiger partial charge in [0.2, 0.25) is 0 Å². The summed E-state index contributed by atoms with van der Waals surface area (Å²) in [6, 6.07) is 10.4. The van der Waals surface area contributed by atoms with E-state index < -0.39 is 0 Å². The van der Waals surface area contributed by atoms with E-state index >= 15 is 0 Å². The summed E-state index contributed by atoms with van der Waals surface area (Å²) in [4.78, 5) is 4.39. The van der Waals surface area contributed by atoms with Crippen molar-refractivity contribution >= 4 is 10.9 Å². The fraction of sp³-hybridized carbons (Fsp3) is 0.400. The summed E-state index contributed by atoms with van der Waals surface area (Å²) in [5.74, 6) is 0.518. The number of nitrogens with two attached hydrogens (primary N) is 1. The van der Waals surface area contributed by atoms with Crippen molar-refractivity contribution in [1.29, 1.82) is 0 Å². The first-order valence-corrected chi connectivity index (χ1v) is 6.53. The Kier molecular flexibility index (Phi) is 3.26. The lowest BCUT2D eigenvalue weighted by Crippen LogP contribution is -2.27. The third kappa shape index (κ3) is 2.11. The third-order valence-corrected chi connectivity index (χ3v) is 3.81. The van der Waals surface area contributed by atoms with Crippen molar-refractivity contribution in [2.24, 2.45) is 11.7 Å². The lowest BCUT2D eigenvalue weighted by atomic mass is 9.86. The summed E-state index contributed by atoms with van der Waals surface area (Å²) in [5.41, 5.74) is 8.69. The number of pyridine rings is 1. The molecular formula is C15H18N2O. The maximum atomic E-state index is 6.45. The van der Waals surface area contributed by atoms with Crippen LogP contribution in [0.3, 0.4) is 0 Å². The number of ether oxygens (including phenoxy) is 1. The van der Waals surface area contributed by atoms with Gasteiger partial charge in [-0.2, -0.15) is 0 Å². The summed E-state index contributed by atoms with van der Waals surface area (Å²) < 4.78 is 5.41. The van der Waals surface area contributed by atoms with Gasteiger partial charge in [-0.1, -0.05) is 18.2 Å². The minimum absolute atomic E-state index is 0.0850. The molecule has 94 valence electrons. The minimum Gasteiger partial charge on any atom is -0.381 e. The zero-order chi connectivity index (χ0) is 12.4. The van der Waals surface area contributed by atoms with Crippen LogP contribution in [-0.4, -0.2) is 18.2 Å². The molecule has 1 saturated heterocycles. The average molecular weight is 242 g/mol. The van der Waals surface area contributed by atoms with Gasteiger partial charge in [0.1, 0.15) is 0 Å². The molecule has 3 nitrogen and oxygen atoms in total. The van der Waals surface area contributed by atoms with E-state index in [4.69, 9.17) is 10.5 Å². The van der Waals surface area contributed by atoms with Gasteiger partial charge in [-0.15, -0.1) is 0 Å². The van der Waals surface area contributed by atoms with E-state index in [-0.39, 0.29) is 6.04 Å². The van der Waals surface area contributed by atoms with Crippen LogP contribution in [0.15, 0.2) is 36.5 Å². The number of benzene rings is 1. The lowest BCUT2D eigenvalue weighted by molar-refractivity contribution is 0.0585. The first-order chi connectivity index (χ1) is 8.86. The van der Waals surface area contributed by atoms with E-state index in [0.29, 0.717) is 5.92 Å². The predicted molar refractivity (Wildman–Crippen MR) is 72.2 cm³/mol. The molecule has 0 amide bonds. The Hall–Kier alpha value is -1.45. The number of fused-ring (bicyclic) bond motifs is 1. The first kappa shape index (κ1) is 11.6. The Labute approximate surface area is 107 Å². The summed E-state index contributed by atoms with van der Waals surface area (Å²) in [6.45, 7) is 1.67. The molecule has 18 heavy (non-hydrogen) atoms. The van der Waals surface area contributed by atoms with Gasteiger partial charge in [0.05, 0.1) is 5.52 Å². The second kappa shape index (κ2) is 5.04. The van der Waals surface area contributed by atoms with Gasteiger partial charge in [0.25, 0.3) is 0 Å². The molecule has 3 heteroatoms. The lowest BCUT2D eigenvalue weighted by Gasteiger charge is -2.28. The molecule has 1 unspecified atom stereocenters. The average Bonchev–Trinajstić information content (AvgIpc) is 2.47. The molecule has 1 aromatic heterocycles. The van der Waals surface area contributed by atoms with Crippen LogP contribution < -0.4 is 5.73 Å². The summed E-state index contributed by atoms with van der Waals surface area (Å²) in [7, 11) is 0. The highest BCUT2D eigenvalue weighted by atomic mass is 16.5. The third-order valence-electron chi connectivity index (χ3n) is 3.81. The van der Waals surface area contributed by atoms with Crippen LogP contribution in [0.2, 0.25) is 0 Å². The van der Waals surface area contributed by atoms with Crippen molar-refractivity contribution < 1.29 is 4.74 Å². The number of hydrogen-bond donors (Lipinski definition) is 1. The smallest absolute Gasteiger partial charge is 0.0705 e. The molecule has 1 atom stereocenters. The molecule has 0 spiro atoms. The van der Waals surface area contributed by atoms with Gasteiger partial charge < -0.3 is 10.5 Å². The van der Waals surface area contributed by atoms with Gasteiger partial charge in [0.15, 0.2) is 0 Å². The molecule has 0 aliphatic carbocycles. The number of hydrogen-bond acceptors (Lipinski definition) is 3. The maximum Gasteiger partial charge on any atom is 0.0705 e. The summed E-state index contributed by atoms with van der Waals surface area (Å²) in [6.07, 6.45) is 3.93. The molecule has 0 saturated carbocycles. The van der Waals surface area contributed by atoms with Crippen LogP contribution in [0, 0.1) is 5.92 Å². The van der Waals surface area contributed by atoms with Crippen LogP contribution in [0.4, 0.5) is 0 Å². The van der Waals surface area contributed by atoms with Crippen molar-refractivity contribution in [1.82, 2.24) is 4.98 Å². The Morgan fingerprint density at radius 3 is 2.83 bits per heavy atom. The quantitative estimate of drug-likeness (QED) is 0.880. The second-order valence-electron chi connectivity index (χ2n) is 4.89. The monoisotopic (exact) mass is 242 g/mol. The standard InChI is InChI=1S/C15H18N2O/c16-15(11-6-9-18-10-7-11)13-3-1-5-14-12(13)4-2-8-17-14/h1-5,8,11,15H,6-7,9-10,16H2. The molecule has 2 aromatic rings. The van der Waals surface area contributed by atoms with E-state index in [0.717, 1.165) is 31.6 Å². The molecular weight excluding hydrogens is 224 g/mol. The van der Waals surface area contributed by atoms with Crippen molar-refractivity contribution in [3.05, 3.63) is 42.1 Å². The van der Waals surface area contributed by atoms with Gasteiger partial charge in [0, 0.05) is 30.8 Å². The largest absolute Gasteiger partial charge is 0.381 e. The maximum absolute atomic E-state index is 6.45. The van der Waals surface area contributed by atoms with Crippen LogP contribution in [0.25, 0.3) is 10.9 Å². The number of aromatic nitrogens is 1. The molecule has 1 aliphatic heterocycles. The van der Waals surface area contributed by atoms with Crippen molar-refractivity contribution in [3.8, 4) is 0 Å². The van der Waals surface area contributed by atoms with Gasteiger partial charge >= 0.3 is 0 Å². The molecule has 1 aliphatic rings. The second-order valence-corrected chi connectivity index (χ2v) is 4.89. The van der Waals surface area contributed by atoms with Crippen LogP contribution in [-0.2, 0) is 4.74 Å². The fourth-order valence-corrected chi connectivity index (χ4v) is 2.75. The summed E-state index contributed by atoms with van der Waals surface area (Å²) in [5, 5.41) is 1.18. The van der Waals surface area contributed by atoms with Crippen LogP contribution in [0.1, 0.15) is 24.4 Å². The highest BCUT2D eigenvalue weighted by Gasteiger charge is 2.23. The molecule has 1 fully saturated rings. The Morgan fingerprint density at radius 1 is 1.17 bits per heavy atom. The van der Waals surface area contributed by atoms with Gasteiger partial charge in [-0.05, 0) is 36.5 Å². The first-order valence-electron chi connectivity index (χ1n) is 6.53. The highest BCUT2D eigenvalue weighted by Crippen LogP contribution is 2.31. The van der Waals surface area contributed by atoms with Gasteiger partial charge in [-0.25, -0.2) is 0 Å². The van der Waals surface area contributed by atoms with Crippen molar-refractivity contribution in [2.75, 3.05) is 13.2 Å². The van der Waals surface area contributed by atoms with E-state index in [1.807, 2.05) is 24.4 Å². The van der Waals surface area contributed by atoms with E-state index in [1.54, 1.807) is 0 Å². The molecule has 3 rings (SSSR count). The highest BCUT2D eigenvalue weighted by molar-refractivity contribution is 5.82. The Morgan fingerprint density at radius 2 is 2.00 bits per heavy atom. The molecule has 1 aromatic carbocycles. The molecule has 2 heterocycles. The van der Waals surface area contributed by atoms with E-state index in [2.05, 4.69) is 17.1 Å². The Bertz CT molecular complexity index is 530. The van der Waals surface area contributed by atoms with Crippen molar-refractivity contribution in [2.45, 2.75) is 18.9 Å². The molecule has 2 N–H and O–H groups in total.